The van der Waals surface area contributed by atoms with Crippen molar-refractivity contribution in [3.05, 3.63) is 35.6 Å². The van der Waals surface area contributed by atoms with Gasteiger partial charge in [-0.15, -0.1) is 0 Å². The van der Waals surface area contributed by atoms with Gasteiger partial charge in [0.15, 0.2) is 0 Å². The van der Waals surface area contributed by atoms with E-state index < -0.39 is 11.9 Å². The van der Waals surface area contributed by atoms with Gasteiger partial charge in [-0.2, -0.15) is 0 Å². The van der Waals surface area contributed by atoms with Crippen LogP contribution in [-0.2, 0) is 4.79 Å². The Morgan fingerprint density at radius 3 is 2.21 bits per heavy atom. The molecule has 0 radical (unpaired) electrons. The molecular formula is C19H27FN2O2. The molecule has 5 heteroatoms. The van der Waals surface area contributed by atoms with E-state index in [0.29, 0.717) is 5.56 Å². The summed E-state index contributed by atoms with van der Waals surface area (Å²) in [5.41, 5.74) is 0.348. The zero-order valence-corrected chi connectivity index (χ0v) is 14.6. The maximum absolute atomic E-state index is 13.0. The average Bonchev–Trinajstić information content (AvgIpc) is 2.54. The summed E-state index contributed by atoms with van der Waals surface area (Å²) in [6.45, 7) is 6.04. The van der Waals surface area contributed by atoms with Crippen LogP contribution in [0.3, 0.4) is 0 Å². The van der Waals surface area contributed by atoms with Gasteiger partial charge < -0.3 is 10.6 Å². The molecule has 4 nitrogen and oxygen atoms in total. The Morgan fingerprint density at radius 2 is 1.67 bits per heavy atom. The Morgan fingerprint density at radius 1 is 1.08 bits per heavy atom. The fourth-order valence-electron chi connectivity index (χ4n) is 3.06. The van der Waals surface area contributed by atoms with Gasteiger partial charge in [0.25, 0.3) is 5.91 Å². The van der Waals surface area contributed by atoms with Crippen LogP contribution in [0.5, 0.6) is 0 Å². The standard InChI is InChI=1S/C19H27FN2O2/c1-12(2)17(19(24)21-16-10-4-13(3)5-11-16)22-18(23)14-6-8-15(20)9-7-14/h6-9,12-13,16-17H,4-5,10-11H2,1-3H3,(H,21,24)(H,22,23)/t13?,16?,17-/m0/s1. The number of rotatable bonds is 5. The minimum Gasteiger partial charge on any atom is -0.352 e. The number of benzene rings is 1. The lowest BCUT2D eigenvalue weighted by Gasteiger charge is -2.29. The topological polar surface area (TPSA) is 58.2 Å². The molecule has 1 aromatic rings. The SMILES string of the molecule is CC1CCC(NC(=O)[C@@H](NC(=O)c2ccc(F)cc2)C(C)C)CC1. The highest BCUT2D eigenvalue weighted by atomic mass is 19.1. The van der Waals surface area contributed by atoms with Crippen LogP contribution >= 0.6 is 0 Å². The molecule has 1 aliphatic carbocycles. The van der Waals surface area contributed by atoms with Crippen molar-refractivity contribution < 1.29 is 14.0 Å². The first-order valence-corrected chi connectivity index (χ1v) is 8.73. The summed E-state index contributed by atoms with van der Waals surface area (Å²) in [6.07, 6.45) is 4.23. The molecule has 1 fully saturated rings. The Labute approximate surface area is 143 Å². The fourth-order valence-corrected chi connectivity index (χ4v) is 3.06. The molecule has 1 aromatic carbocycles. The van der Waals surface area contributed by atoms with E-state index in [2.05, 4.69) is 17.6 Å². The predicted octanol–water partition coefficient (Wildman–Crippen LogP) is 3.28. The molecule has 0 saturated heterocycles. The molecule has 0 spiro atoms. The molecule has 1 saturated carbocycles. The molecular weight excluding hydrogens is 307 g/mol. The van der Waals surface area contributed by atoms with Gasteiger partial charge in [0.2, 0.25) is 5.91 Å². The van der Waals surface area contributed by atoms with Gasteiger partial charge in [-0.1, -0.05) is 20.8 Å². The van der Waals surface area contributed by atoms with Gasteiger partial charge in [-0.25, -0.2) is 4.39 Å². The Balaban J connectivity index is 1.96. The fraction of sp³-hybridized carbons (Fsp3) is 0.579. The molecule has 2 rings (SSSR count). The summed E-state index contributed by atoms with van der Waals surface area (Å²) in [5, 5.41) is 5.85. The van der Waals surface area contributed by atoms with E-state index in [1.165, 1.54) is 24.3 Å². The summed E-state index contributed by atoms with van der Waals surface area (Å²) in [5.74, 6) is -0.202. The second kappa shape index (κ2) is 8.27. The van der Waals surface area contributed by atoms with E-state index >= 15 is 0 Å². The van der Waals surface area contributed by atoms with Crippen LogP contribution in [0.2, 0.25) is 0 Å². The quantitative estimate of drug-likeness (QED) is 0.868. The van der Waals surface area contributed by atoms with Gasteiger partial charge >= 0.3 is 0 Å². The highest BCUT2D eigenvalue weighted by molar-refractivity contribution is 5.97. The van der Waals surface area contributed by atoms with E-state index in [-0.39, 0.29) is 23.8 Å². The van der Waals surface area contributed by atoms with Gasteiger partial charge in [0.05, 0.1) is 0 Å². The highest BCUT2D eigenvalue weighted by Gasteiger charge is 2.27. The third-order valence-corrected chi connectivity index (χ3v) is 4.70. The van der Waals surface area contributed by atoms with Crippen LogP contribution < -0.4 is 10.6 Å². The molecule has 0 aromatic heterocycles. The van der Waals surface area contributed by atoms with Crippen molar-refractivity contribution in [3.63, 3.8) is 0 Å². The van der Waals surface area contributed by atoms with E-state index in [9.17, 15) is 14.0 Å². The molecule has 1 atom stereocenters. The van der Waals surface area contributed by atoms with Crippen molar-refractivity contribution >= 4 is 11.8 Å². The zero-order valence-electron chi connectivity index (χ0n) is 14.6. The lowest BCUT2D eigenvalue weighted by molar-refractivity contribution is -0.124. The number of hydrogen-bond donors (Lipinski definition) is 2. The smallest absolute Gasteiger partial charge is 0.251 e. The summed E-state index contributed by atoms with van der Waals surface area (Å²) >= 11 is 0. The molecule has 132 valence electrons. The van der Waals surface area contributed by atoms with Crippen LogP contribution in [-0.4, -0.2) is 23.9 Å². The Bertz CT molecular complexity index is 563. The summed E-state index contributed by atoms with van der Waals surface area (Å²) < 4.78 is 13.0. The number of carbonyl (C=O) groups excluding carboxylic acids is 2. The monoisotopic (exact) mass is 334 g/mol. The summed E-state index contributed by atoms with van der Waals surface area (Å²) in [6, 6.07) is 4.91. The van der Waals surface area contributed by atoms with Crippen LogP contribution in [0.4, 0.5) is 4.39 Å². The molecule has 0 bridgehead atoms. The number of hydrogen-bond acceptors (Lipinski definition) is 2. The molecule has 1 aliphatic rings. The average molecular weight is 334 g/mol. The Hall–Kier alpha value is -1.91. The normalized spacial score (nSPS) is 22.0. The zero-order chi connectivity index (χ0) is 17.7. The third kappa shape index (κ3) is 5.05. The van der Waals surface area contributed by atoms with Crippen molar-refractivity contribution in [2.24, 2.45) is 11.8 Å². The van der Waals surface area contributed by atoms with E-state index in [4.69, 9.17) is 0 Å². The van der Waals surface area contributed by atoms with Crippen LogP contribution in [0.1, 0.15) is 56.8 Å². The largest absolute Gasteiger partial charge is 0.352 e. The molecule has 24 heavy (non-hydrogen) atoms. The maximum atomic E-state index is 13.0. The second-order valence-electron chi connectivity index (χ2n) is 7.17. The van der Waals surface area contributed by atoms with Crippen LogP contribution in [0, 0.1) is 17.7 Å². The molecule has 0 heterocycles. The van der Waals surface area contributed by atoms with Crippen LogP contribution in [0.25, 0.3) is 0 Å². The van der Waals surface area contributed by atoms with Crippen molar-refractivity contribution in [1.82, 2.24) is 10.6 Å². The number of nitrogens with one attached hydrogen (secondary N) is 2. The highest BCUT2D eigenvalue weighted by Crippen LogP contribution is 2.23. The predicted molar refractivity (Wildman–Crippen MR) is 92.1 cm³/mol. The van der Waals surface area contributed by atoms with Gasteiger partial charge in [-0.3, -0.25) is 9.59 Å². The minimum absolute atomic E-state index is 0.0306. The first kappa shape index (κ1) is 18.4. The van der Waals surface area contributed by atoms with Crippen molar-refractivity contribution in [2.75, 3.05) is 0 Å². The van der Waals surface area contributed by atoms with Crippen LogP contribution in [0.15, 0.2) is 24.3 Å². The van der Waals surface area contributed by atoms with Gasteiger partial charge in [0, 0.05) is 11.6 Å². The van der Waals surface area contributed by atoms with Crippen molar-refractivity contribution in [2.45, 2.75) is 58.5 Å². The maximum Gasteiger partial charge on any atom is 0.251 e. The van der Waals surface area contributed by atoms with Crippen molar-refractivity contribution in [3.8, 4) is 0 Å². The Kier molecular flexibility index (Phi) is 6.35. The number of halogens is 1. The first-order chi connectivity index (χ1) is 11.4. The third-order valence-electron chi connectivity index (χ3n) is 4.70. The lowest BCUT2D eigenvalue weighted by atomic mass is 9.87. The van der Waals surface area contributed by atoms with Gasteiger partial charge in [0.1, 0.15) is 11.9 Å². The lowest BCUT2D eigenvalue weighted by Crippen LogP contribution is -2.52. The molecule has 0 aliphatic heterocycles. The minimum atomic E-state index is -0.595. The van der Waals surface area contributed by atoms with E-state index in [0.717, 1.165) is 31.6 Å². The van der Waals surface area contributed by atoms with Gasteiger partial charge in [-0.05, 0) is 61.8 Å². The van der Waals surface area contributed by atoms with Crippen molar-refractivity contribution in [1.29, 1.82) is 0 Å². The molecule has 0 unspecified atom stereocenters. The number of amides is 2. The second-order valence-corrected chi connectivity index (χ2v) is 7.17. The molecule has 2 N–H and O–H groups in total. The van der Waals surface area contributed by atoms with E-state index in [1.807, 2.05) is 13.8 Å². The van der Waals surface area contributed by atoms with E-state index in [1.54, 1.807) is 0 Å². The number of carbonyl (C=O) groups is 2. The summed E-state index contributed by atoms with van der Waals surface area (Å²) in [4.78, 5) is 24.9. The first-order valence-electron chi connectivity index (χ1n) is 8.73. The summed E-state index contributed by atoms with van der Waals surface area (Å²) in [7, 11) is 0. The molecule has 2 amide bonds.